The number of hydrogen-bond acceptors (Lipinski definition) is 4. The fourth-order valence-electron chi connectivity index (χ4n) is 2.37. The van der Waals surface area contributed by atoms with Crippen LogP contribution >= 0.6 is 35.6 Å². The summed E-state index contributed by atoms with van der Waals surface area (Å²) in [4.78, 5) is 14.5. The highest BCUT2D eigenvalue weighted by molar-refractivity contribution is 8.26. The molecule has 3 nitrogen and oxygen atoms in total. The van der Waals surface area contributed by atoms with Crippen LogP contribution in [0, 0.1) is 0 Å². The Bertz CT molecular complexity index is 834. The molecule has 1 heterocycles. The second kappa shape index (κ2) is 8.04. The second-order valence-corrected chi connectivity index (χ2v) is 7.53. The summed E-state index contributed by atoms with van der Waals surface area (Å²) in [5, 5.41) is 0.704. The highest BCUT2D eigenvalue weighted by Gasteiger charge is 2.30. The molecule has 0 spiro atoms. The zero-order valence-electron chi connectivity index (χ0n) is 13.6. The van der Waals surface area contributed by atoms with E-state index >= 15 is 0 Å². The van der Waals surface area contributed by atoms with Gasteiger partial charge in [-0.15, -0.1) is 0 Å². The molecule has 6 heteroatoms. The van der Waals surface area contributed by atoms with Crippen molar-refractivity contribution in [2.75, 3.05) is 6.54 Å². The van der Waals surface area contributed by atoms with E-state index in [-0.39, 0.29) is 5.91 Å². The molecule has 1 fully saturated rings. The number of benzene rings is 2. The van der Waals surface area contributed by atoms with Crippen LogP contribution in [-0.2, 0) is 11.4 Å². The zero-order chi connectivity index (χ0) is 17.8. The summed E-state index contributed by atoms with van der Waals surface area (Å²) >= 11 is 12.5. The van der Waals surface area contributed by atoms with Crippen LogP contribution in [0.1, 0.15) is 18.1 Å². The van der Waals surface area contributed by atoms with Gasteiger partial charge in [0.25, 0.3) is 5.91 Å². The number of nitrogens with zero attached hydrogens (tertiary/aromatic N) is 1. The van der Waals surface area contributed by atoms with E-state index in [9.17, 15) is 4.79 Å². The minimum absolute atomic E-state index is 0.0371. The summed E-state index contributed by atoms with van der Waals surface area (Å²) in [6, 6.07) is 15.2. The summed E-state index contributed by atoms with van der Waals surface area (Å²) in [5.41, 5.74) is 1.95. The number of carbonyl (C=O) groups excluding carboxylic acids is 1. The van der Waals surface area contributed by atoms with Gasteiger partial charge in [-0.3, -0.25) is 9.69 Å². The number of hydrogen-bond donors (Lipinski definition) is 0. The zero-order valence-corrected chi connectivity index (χ0v) is 16.0. The van der Waals surface area contributed by atoms with Gasteiger partial charge in [-0.05, 0) is 48.4 Å². The van der Waals surface area contributed by atoms with Crippen LogP contribution in [0.2, 0.25) is 5.02 Å². The summed E-state index contributed by atoms with van der Waals surface area (Å²) in [7, 11) is 0. The van der Waals surface area contributed by atoms with Gasteiger partial charge in [-0.2, -0.15) is 0 Å². The number of halogens is 1. The molecule has 2 aromatic rings. The number of ether oxygens (including phenoxy) is 1. The van der Waals surface area contributed by atoms with E-state index in [4.69, 9.17) is 28.6 Å². The third-order valence-corrected chi connectivity index (χ3v) is 5.29. The molecule has 0 aliphatic carbocycles. The molecule has 128 valence electrons. The van der Waals surface area contributed by atoms with E-state index < -0.39 is 0 Å². The van der Waals surface area contributed by atoms with E-state index in [1.807, 2.05) is 61.5 Å². The minimum atomic E-state index is -0.0371. The Kier molecular flexibility index (Phi) is 5.78. The van der Waals surface area contributed by atoms with Crippen molar-refractivity contribution in [2.45, 2.75) is 13.5 Å². The molecule has 0 bridgehead atoms. The van der Waals surface area contributed by atoms with Gasteiger partial charge in [-0.25, -0.2) is 0 Å². The predicted octanol–water partition coefficient (Wildman–Crippen LogP) is 5.14. The highest BCUT2D eigenvalue weighted by atomic mass is 35.5. The Morgan fingerprint density at radius 3 is 2.68 bits per heavy atom. The van der Waals surface area contributed by atoms with Crippen molar-refractivity contribution in [3.63, 3.8) is 0 Å². The van der Waals surface area contributed by atoms with Gasteiger partial charge < -0.3 is 4.74 Å². The summed E-state index contributed by atoms with van der Waals surface area (Å²) in [6.45, 7) is 2.96. The summed E-state index contributed by atoms with van der Waals surface area (Å²) in [5.74, 6) is 0.708. The first-order valence-corrected chi connectivity index (χ1v) is 9.40. The molecule has 0 N–H and O–H groups in total. The van der Waals surface area contributed by atoms with Gasteiger partial charge in [0.2, 0.25) is 0 Å². The number of carbonyl (C=O) groups is 1. The van der Waals surface area contributed by atoms with Gasteiger partial charge in [0.1, 0.15) is 16.7 Å². The lowest BCUT2D eigenvalue weighted by molar-refractivity contribution is -0.121. The van der Waals surface area contributed by atoms with Gasteiger partial charge in [-0.1, -0.05) is 59.8 Å². The maximum absolute atomic E-state index is 12.3. The lowest BCUT2D eigenvalue weighted by Gasteiger charge is -2.09. The number of likely N-dealkylation sites (N-methyl/N-ethyl adjacent to an activating group) is 1. The first-order valence-electron chi connectivity index (χ1n) is 7.79. The Morgan fingerprint density at radius 1 is 1.24 bits per heavy atom. The van der Waals surface area contributed by atoms with E-state index in [0.29, 0.717) is 27.4 Å². The second-order valence-electron chi connectivity index (χ2n) is 5.41. The Morgan fingerprint density at radius 2 is 2.00 bits per heavy atom. The molecule has 0 radical (unpaired) electrons. The SMILES string of the molecule is CCN1C(=O)/C(=C\c2cccc(OCc3ccc(Cl)cc3)c2)SC1=S. The molecular formula is C19H16ClNO2S2. The average molecular weight is 390 g/mol. The number of amides is 1. The Balaban J connectivity index is 1.71. The van der Waals surface area contributed by atoms with Crippen molar-refractivity contribution in [3.05, 3.63) is 69.6 Å². The van der Waals surface area contributed by atoms with Gasteiger partial charge >= 0.3 is 0 Å². The Hall–Kier alpha value is -1.82. The molecule has 0 saturated carbocycles. The van der Waals surface area contributed by atoms with Crippen LogP contribution in [-0.4, -0.2) is 21.7 Å². The highest BCUT2D eigenvalue weighted by Crippen LogP contribution is 2.32. The molecule has 0 atom stereocenters. The normalized spacial score (nSPS) is 15.9. The largest absolute Gasteiger partial charge is 0.489 e. The predicted molar refractivity (Wildman–Crippen MR) is 108 cm³/mol. The molecule has 1 saturated heterocycles. The van der Waals surface area contributed by atoms with Crippen molar-refractivity contribution in [1.82, 2.24) is 4.90 Å². The van der Waals surface area contributed by atoms with Gasteiger partial charge in [0, 0.05) is 11.6 Å². The van der Waals surface area contributed by atoms with Crippen LogP contribution in [0.5, 0.6) is 5.75 Å². The molecule has 1 aliphatic heterocycles. The smallest absolute Gasteiger partial charge is 0.266 e. The molecule has 1 aliphatic rings. The van der Waals surface area contributed by atoms with Crippen LogP contribution in [0.15, 0.2) is 53.4 Å². The Labute approximate surface area is 161 Å². The quantitative estimate of drug-likeness (QED) is 0.523. The van der Waals surface area contributed by atoms with Crippen molar-refractivity contribution in [3.8, 4) is 5.75 Å². The molecular weight excluding hydrogens is 374 g/mol. The first-order chi connectivity index (χ1) is 12.1. The molecule has 2 aromatic carbocycles. The van der Waals surface area contributed by atoms with Gasteiger partial charge in [0.15, 0.2) is 0 Å². The fraction of sp³-hybridized carbons (Fsp3) is 0.158. The minimum Gasteiger partial charge on any atom is -0.489 e. The van der Waals surface area contributed by atoms with Crippen LogP contribution < -0.4 is 4.74 Å². The summed E-state index contributed by atoms with van der Waals surface area (Å²) in [6.07, 6.45) is 1.85. The lowest BCUT2D eigenvalue weighted by atomic mass is 10.2. The maximum Gasteiger partial charge on any atom is 0.266 e. The first kappa shape index (κ1) is 18.0. The van der Waals surface area contributed by atoms with Gasteiger partial charge in [0.05, 0.1) is 4.91 Å². The third-order valence-electron chi connectivity index (χ3n) is 3.66. The fourth-order valence-corrected chi connectivity index (χ4v) is 3.88. The van der Waals surface area contributed by atoms with Crippen molar-refractivity contribution in [2.24, 2.45) is 0 Å². The molecule has 0 unspecified atom stereocenters. The number of rotatable bonds is 5. The van der Waals surface area contributed by atoms with Crippen LogP contribution in [0.3, 0.4) is 0 Å². The van der Waals surface area contributed by atoms with Crippen molar-refractivity contribution >= 4 is 51.9 Å². The molecule has 1 amide bonds. The molecule has 0 aromatic heterocycles. The number of thiocarbonyl (C=S) groups is 1. The summed E-state index contributed by atoms with van der Waals surface area (Å²) < 4.78 is 6.43. The van der Waals surface area contributed by atoms with E-state index in [2.05, 4.69) is 0 Å². The van der Waals surface area contributed by atoms with E-state index in [0.717, 1.165) is 16.9 Å². The topological polar surface area (TPSA) is 29.5 Å². The monoisotopic (exact) mass is 389 g/mol. The third kappa shape index (κ3) is 4.42. The standard InChI is InChI=1S/C19H16ClNO2S2/c1-2-21-18(22)17(25-19(21)24)11-14-4-3-5-16(10-14)23-12-13-6-8-15(20)9-7-13/h3-11H,2,12H2,1H3/b17-11+. The van der Waals surface area contributed by atoms with Crippen molar-refractivity contribution < 1.29 is 9.53 Å². The van der Waals surface area contributed by atoms with E-state index in [1.54, 1.807) is 4.90 Å². The van der Waals surface area contributed by atoms with Crippen LogP contribution in [0.25, 0.3) is 6.08 Å². The van der Waals surface area contributed by atoms with Crippen LogP contribution in [0.4, 0.5) is 0 Å². The van der Waals surface area contributed by atoms with E-state index in [1.165, 1.54) is 11.8 Å². The maximum atomic E-state index is 12.3. The van der Waals surface area contributed by atoms with Crippen molar-refractivity contribution in [1.29, 1.82) is 0 Å². The average Bonchev–Trinajstić information content (AvgIpc) is 2.88. The molecule has 3 rings (SSSR count). The lowest BCUT2D eigenvalue weighted by Crippen LogP contribution is -2.27. The molecule has 25 heavy (non-hydrogen) atoms. The number of thioether (sulfide) groups is 1.